The van der Waals surface area contributed by atoms with Crippen molar-refractivity contribution in [2.45, 2.75) is 32.2 Å². The number of phenolic OH excluding ortho intramolecular Hbond substituents is 1. The lowest BCUT2D eigenvalue weighted by Crippen LogP contribution is -2.50. The molecule has 0 radical (unpaired) electrons. The number of aromatic nitrogens is 4. The average Bonchev–Trinajstić information content (AvgIpc) is 3.15. The van der Waals surface area contributed by atoms with E-state index < -0.39 is 0 Å². The molecular weight excluding hydrogens is 504 g/mol. The fourth-order valence-electron chi connectivity index (χ4n) is 5.77. The number of phenols is 1. The monoisotopic (exact) mass is 540 g/mol. The van der Waals surface area contributed by atoms with E-state index in [1.54, 1.807) is 18.3 Å². The van der Waals surface area contributed by atoms with Crippen molar-refractivity contribution in [3.05, 3.63) is 48.4 Å². The van der Waals surface area contributed by atoms with Crippen LogP contribution in [0.4, 0.5) is 17.3 Å². The van der Waals surface area contributed by atoms with Crippen LogP contribution in [-0.2, 0) is 4.74 Å². The van der Waals surface area contributed by atoms with Crippen LogP contribution in [0.15, 0.2) is 42.6 Å². The molecule has 3 aromatic rings. The van der Waals surface area contributed by atoms with Gasteiger partial charge in [0.1, 0.15) is 11.6 Å². The Morgan fingerprint density at radius 3 is 2.67 bits per heavy atom. The number of piperidine rings is 1. The molecule has 2 aromatic heterocycles. The van der Waals surface area contributed by atoms with E-state index in [1.165, 1.54) is 12.8 Å². The first-order chi connectivity index (χ1) is 19.5. The van der Waals surface area contributed by atoms with Crippen LogP contribution in [0.2, 0.25) is 0 Å². The minimum atomic E-state index is 0.166. The van der Waals surface area contributed by atoms with Crippen molar-refractivity contribution in [3.63, 3.8) is 0 Å². The SMILES string of the molecule is C[C@H]1CCN(c2cc(-c3ccccc3O)nnc2N)CCN1c1ccnc(C#CCN2CCC3(CC2)COC3)n1. The maximum atomic E-state index is 10.3. The van der Waals surface area contributed by atoms with Gasteiger partial charge in [-0.3, -0.25) is 4.90 Å². The minimum absolute atomic E-state index is 0.166. The number of ether oxygens (including phenoxy) is 1. The zero-order chi connectivity index (χ0) is 27.5. The van der Waals surface area contributed by atoms with E-state index in [4.69, 9.17) is 15.5 Å². The Morgan fingerprint density at radius 2 is 1.90 bits per heavy atom. The maximum Gasteiger partial charge on any atom is 0.206 e. The van der Waals surface area contributed by atoms with Gasteiger partial charge in [-0.05, 0) is 69.5 Å². The molecule has 5 heterocycles. The second kappa shape index (κ2) is 11.3. The predicted molar refractivity (Wildman–Crippen MR) is 155 cm³/mol. The molecule has 0 saturated carbocycles. The Balaban J connectivity index is 1.12. The highest BCUT2D eigenvalue weighted by Crippen LogP contribution is 2.38. The zero-order valence-electron chi connectivity index (χ0n) is 23.0. The van der Waals surface area contributed by atoms with Gasteiger partial charge in [-0.2, -0.15) is 0 Å². The lowest BCUT2D eigenvalue weighted by Gasteiger charge is -2.47. The van der Waals surface area contributed by atoms with Crippen LogP contribution in [0.5, 0.6) is 5.75 Å². The summed E-state index contributed by atoms with van der Waals surface area (Å²) >= 11 is 0. The standard InChI is InChI=1S/C30H36N8O2/c1-22-9-14-37(25-19-24(34-35-29(25)31)23-5-2-3-6-26(23)39)17-18-38(22)28-8-12-32-27(33-28)7-4-13-36-15-10-30(11-16-36)20-40-21-30/h2-3,5-6,8,12,19,22,39H,9-11,13-18,20-21H2,1H3,(H2,31,35)/t22-/m0/s1. The van der Waals surface area contributed by atoms with Gasteiger partial charge < -0.3 is 25.4 Å². The molecule has 6 rings (SSSR count). The third-order valence-electron chi connectivity index (χ3n) is 8.45. The first kappa shape index (κ1) is 26.3. The van der Waals surface area contributed by atoms with E-state index in [0.717, 1.165) is 70.4 Å². The minimum Gasteiger partial charge on any atom is -0.507 e. The van der Waals surface area contributed by atoms with Crippen LogP contribution < -0.4 is 15.5 Å². The zero-order valence-corrected chi connectivity index (χ0v) is 23.0. The number of likely N-dealkylation sites (tertiary alicyclic amines) is 1. The van der Waals surface area contributed by atoms with Gasteiger partial charge in [-0.25, -0.2) is 9.97 Å². The number of benzene rings is 1. The summed E-state index contributed by atoms with van der Waals surface area (Å²) in [5.74, 6) is 8.47. The van der Waals surface area contributed by atoms with Crippen molar-refractivity contribution >= 4 is 17.3 Å². The summed E-state index contributed by atoms with van der Waals surface area (Å²) in [6.07, 6.45) is 5.11. The van der Waals surface area contributed by atoms with Crippen LogP contribution in [0, 0.1) is 17.3 Å². The number of rotatable bonds is 4. The van der Waals surface area contributed by atoms with Crippen molar-refractivity contribution in [1.82, 2.24) is 25.1 Å². The molecule has 0 amide bonds. The van der Waals surface area contributed by atoms with Crippen LogP contribution in [-0.4, -0.2) is 88.7 Å². The van der Waals surface area contributed by atoms with Crippen molar-refractivity contribution in [2.75, 3.05) is 68.0 Å². The Morgan fingerprint density at radius 1 is 1.07 bits per heavy atom. The topological polar surface area (TPSA) is 117 Å². The summed E-state index contributed by atoms with van der Waals surface area (Å²) in [5, 5.41) is 18.7. The smallest absolute Gasteiger partial charge is 0.206 e. The van der Waals surface area contributed by atoms with Gasteiger partial charge in [-0.15, -0.1) is 10.2 Å². The van der Waals surface area contributed by atoms with Gasteiger partial charge >= 0.3 is 0 Å². The van der Waals surface area contributed by atoms with E-state index in [0.29, 0.717) is 28.3 Å². The number of hydrogen-bond donors (Lipinski definition) is 2. The number of nitrogen functional groups attached to an aromatic ring is 1. The van der Waals surface area contributed by atoms with E-state index in [1.807, 2.05) is 24.3 Å². The number of anilines is 3. The van der Waals surface area contributed by atoms with E-state index in [9.17, 15) is 5.11 Å². The Labute approximate surface area is 235 Å². The molecular formula is C30H36N8O2. The molecule has 0 bridgehead atoms. The Hall–Kier alpha value is -3.94. The summed E-state index contributed by atoms with van der Waals surface area (Å²) in [6, 6.07) is 11.3. The Bertz CT molecular complexity index is 1410. The lowest BCUT2D eigenvalue weighted by atomic mass is 9.77. The van der Waals surface area contributed by atoms with Gasteiger partial charge in [0.2, 0.25) is 5.82 Å². The molecule has 3 fully saturated rings. The quantitative estimate of drug-likeness (QED) is 0.479. The molecule has 40 heavy (non-hydrogen) atoms. The van der Waals surface area contributed by atoms with Crippen molar-refractivity contribution in [1.29, 1.82) is 0 Å². The van der Waals surface area contributed by atoms with Crippen LogP contribution in [0.25, 0.3) is 11.3 Å². The van der Waals surface area contributed by atoms with Crippen LogP contribution >= 0.6 is 0 Å². The molecule has 10 nitrogen and oxygen atoms in total. The highest BCUT2D eigenvalue weighted by atomic mass is 16.5. The van der Waals surface area contributed by atoms with Gasteiger partial charge in [0.25, 0.3) is 0 Å². The van der Waals surface area contributed by atoms with Gasteiger partial charge in [-0.1, -0.05) is 18.1 Å². The molecule has 0 unspecified atom stereocenters. The van der Waals surface area contributed by atoms with E-state index in [-0.39, 0.29) is 11.8 Å². The molecule has 3 N–H and O–H groups in total. The largest absolute Gasteiger partial charge is 0.507 e. The molecule has 3 saturated heterocycles. The predicted octanol–water partition coefficient (Wildman–Crippen LogP) is 2.79. The van der Waals surface area contributed by atoms with Crippen molar-refractivity contribution in [3.8, 4) is 28.8 Å². The molecule has 0 aliphatic carbocycles. The second-order valence-corrected chi connectivity index (χ2v) is 11.1. The molecule has 208 valence electrons. The summed E-state index contributed by atoms with van der Waals surface area (Å²) < 4.78 is 5.44. The first-order valence-electron chi connectivity index (χ1n) is 14.0. The lowest BCUT2D eigenvalue weighted by molar-refractivity contribution is -0.138. The van der Waals surface area contributed by atoms with Gasteiger partial charge in [0.05, 0.1) is 31.1 Å². The molecule has 1 atom stereocenters. The fraction of sp³-hybridized carbons (Fsp3) is 0.467. The molecule has 1 spiro atoms. The maximum absolute atomic E-state index is 10.3. The van der Waals surface area contributed by atoms with Gasteiger partial charge in [0.15, 0.2) is 5.82 Å². The third-order valence-corrected chi connectivity index (χ3v) is 8.45. The molecule has 1 aromatic carbocycles. The number of nitrogens with zero attached hydrogens (tertiary/aromatic N) is 7. The fourth-order valence-corrected chi connectivity index (χ4v) is 5.77. The summed E-state index contributed by atoms with van der Waals surface area (Å²) in [7, 11) is 0. The third kappa shape index (κ3) is 5.53. The van der Waals surface area contributed by atoms with Crippen LogP contribution in [0.3, 0.4) is 0 Å². The Kier molecular flexibility index (Phi) is 7.41. The molecule has 3 aliphatic rings. The highest BCUT2D eigenvalue weighted by molar-refractivity contribution is 5.74. The van der Waals surface area contributed by atoms with Crippen molar-refractivity contribution in [2.24, 2.45) is 5.41 Å². The van der Waals surface area contributed by atoms with E-state index in [2.05, 4.69) is 48.6 Å². The molecule has 10 heteroatoms. The van der Waals surface area contributed by atoms with E-state index >= 15 is 0 Å². The number of para-hydroxylation sites is 1. The highest BCUT2D eigenvalue weighted by Gasteiger charge is 2.40. The summed E-state index contributed by atoms with van der Waals surface area (Å²) in [4.78, 5) is 16.2. The first-order valence-corrected chi connectivity index (χ1v) is 14.0. The second-order valence-electron chi connectivity index (χ2n) is 11.1. The summed E-state index contributed by atoms with van der Waals surface area (Å²) in [6.45, 7) is 9.27. The summed E-state index contributed by atoms with van der Waals surface area (Å²) in [5.41, 5.74) is 8.76. The van der Waals surface area contributed by atoms with Crippen LogP contribution in [0.1, 0.15) is 32.0 Å². The normalized spacial score (nSPS) is 20.9. The van der Waals surface area contributed by atoms with Crippen molar-refractivity contribution < 1.29 is 9.84 Å². The van der Waals surface area contributed by atoms with Gasteiger partial charge in [0, 0.05) is 42.9 Å². The number of hydrogen-bond acceptors (Lipinski definition) is 10. The molecule has 3 aliphatic heterocycles. The number of nitrogens with two attached hydrogens (primary N) is 1. The number of aromatic hydroxyl groups is 1. The average molecular weight is 541 g/mol.